The number of ether oxygens (including phenoxy) is 2. The first kappa shape index (κ1) is 38.9. The number of likely N-dealkylation sites (N-methyl/N-ethyl adjacent to an activating group) is 1. The first-order chi connectivity index (χ1) is 26.2. The van der Waals surface area contributed by atoms with Crippen LogP contribution in [-0.4, -0.2) is 46.7 Å². The minimum absolute atomic E-state index is 0.000330. The first-order valence-electron chi connectivity index (χ1n) is 19.1. The van der Waals surface area contributed by atoms with Crippen LogP contribution in [0.1, 0.15) is 98.1 Å². The van der Waals surface area contributed by atoms with Crippen molar-refractivity contribution in [3.63, 3.8) is 0 Å². The number of carboxylic acids is 1. The standard InChI is InChI=1S/C46H52N2O6/c1-32(39-25-22-35-11-7-8-12-41(35)27-39)48(2)30-42-28-43(37-18-16-33(31-49)17-19-37)54-46(53-42)38-23-20-36(21-24-38)40-13-9-10-34(26-40)29-47-44(50)14-5-3-4-6-15-45(51)52/h7-13,16-27,32,42-43,46,49H,3-6,14-15,28-31H2,1-2H3,(H,47,50)(H,51,52). The molecule has 0 bridgehead atoms. The smallest absolute Gasteiger partial charge is 0.303 e. The van der Waals surface area contributed by atoms with Crippen molar-refractivity contribution < 1.29 is 29.3 Å². The van der Waals surface area contributed by atoms with Crippen molar-refractivity contribution in [1.82, 2.24) is 10.2 Å². The Kier molecular flexibility index (Phi) is 13.6. The molecule has 8 nitrogen and oxygen atoms in total. The second-order valence-electron chi connectivity index (χ2n) is 14.5. The molecule has 5 aromatic carbocycles. The van der Waals surface area contributed by atoms with E-state index >= 15 is 0 Å². The lowest BCUT2D eigenvalue weighted by Gasteiger charge is -2.39. The van der Waals surface area contributed by atoms with Gasteiger partial charge in [0.25, 0.3) is 0 Å². The normalized spacial score (nSPS) is 17.7. The molecule has 1 aliphatic rings. The number of carbonyl (C=O) groups excluding carboxylic acids is 1. The third-order valence-corrected chi connectivity index (χ3v) is 10.5. The zero-order chi connectivity index (χ0) is 37.9. The second kappa shape index (κ2) is 18.9. The molecule has 1 saturated heterocycles. The van der Waals surface area contributed by atoms with Gasteiger partial charge in [-0.3, -0.25) is 14.5 Å². The molecular weight excluding hydrogens is 677 g/mol. The number of nitrogens with one attached hydrogen (secondary N) is 1. The van der Waals surface area contributed by atoms with Crippen molar-refractivity contribution in [2.24, 2.45) is 0 Å². The minimum Gasteiger partial charge on any atom is -0.481 e. The van der Waals surface area contributed by atoms with E-state index in [1.54, 1.807) is 0 Å². The number of nitrogens with zero attached hydrogens (tertiary/aromatic N) is 1. The third kappa shape index (κ3) is 10.6. The molecule has 8 heteroatoms. The Bertz CT molecular complexity index is 1980. The van der Waals surface area contributed by atoms with Gasteiger partial charge in [-0.2, -0.15) is 0 Å². The van der Waals surface area contributed by atoms with Crippen molar-refractivity contribution in [3.05, 3.63) is 143 Å². The van der Waals surface area contributed by atoms with E-state index in [2.05, 4.69) is 103 Å². The van der Waals surface area contributed by atoms with Crippen LogP contribution < -0.4 is 5.32 Å². The summed E-state index contributed by atoms with van der Waals surface area (Å²) < 4.78 is 13.3. The van der Waals surface area contributed by atoms with Gasteiger partial charge >= 0.3 is 5.97 Å². The van der Waals surface area contributed by atoms with Gasteiger partial charge in [-0.15, -0.1) is 0 Å². The number of hydrogen-bond donors (Lipinski definition) is 3. The van der Waals surface area contributed by atoms with Gasteiger partial charge in [0.05, 0.1) is 18.8 Å². The van der Waals surface area contributed by atoms with Crippen LogP contribution in [0.25, 0.3) is 21.9 Å². The van der Waals surface area contributed by atoms with Gasteiger partial charge in [0, 0.05) is 44.0 Å². The Balaban J connectivity index is 1.10. The van der Waals surface area contributed by atoms with E-state index in [9.17, 15) is 14.7 Å². The Morgan fingerprint density at radius 1 is 0.759 bits per heavy atom. The van der Waals surface area contributed by atoms with Crippen LogP contribution in [0.15, 0.2) is 115 Å². The predicted molar refractivity (Wildman–Crippen MR) is 212 cm³/mol. The number of aliphatic carboxylic acids is 1. The number of carbonyl (C=O) groups is 2. The number of aliphatic hydroxyl groups excluding tert-OH is 1. The quantitative estimate of drug-likeness (QED) is 0.0820. The average molecular weight is 729 g/mol. The van der Waals surface area contributed by atoms with E-state index in [1.807, 2.05) is 36.4 Å². The maximum Gasteiger partial charge on any atom is 0.303 e. The van der Waals surface area contributed by atoms with Gasteiger partial charge in [0.1, 0.15) is 0 Å². The maximum atomic E-state index is 12.4. The molecule has 282 valence electrons. The van der Waals surface area contributed by atoms with Crippen LogP contribution in [0.5, 0.6) is 0 Å². The lowest BCUT2D eigenvalue weighted by Crippen LogP contribution is -2.38. The van der Waals surface area contributed by atoms with E-state index < -0.39 is 12.3 Å². The minimum atomic E-state index is -0.773. The summed E-state index contributed by atoms with van der Waals surface area (Å²) in [6, 6.07) is 39.8. The van der Waals surface area contributed by atoms with Crippen LogP contribution in [0.3, 0.4) is 0 Å². The number of hydrogen-bond acceptors (Lipinski definition) is 6. The third-order valence-electron chi connectivity index (χ3n) is 10.5. The topological polar surface area (TPSA) is 108 Å². The van der Waals surface area contributed by atoms with E-state index in [0.717, 1.165) is 59.2 Å². The summed E-state index contributed by atoms with van der Waals surface area (Å²) in [5, 5.41) is 23.9. The van der Waals surface area contributed by atoms with Gasteiger partial charge in [0.15, 0.2) is 6.29 Å². The van der Waals surface area contributed by atoms with Gasteiger partial charge < -0.3 is 25.0 Å². The van der Waals surface area contributed by atoms with E-state index in [1.165, 1.54) is 16.3 Å². The molecule has 6 rings (SSSR count). The molecule has 0 aliphatic carbocycles. The highest BCUT2D eigenvalue weighted by Crippen LogP contribution is 2.39. The van der Waals surface area contributed by atoms with Gasteiger partial charge in [-0.05, 0) is 83.1 Å². The van der Waals surface area contributed by atoms with Gasteiger partial charge in [-0.25, -0.2) is 0 Å². The van der Waals surface area contributed by atoms with Gasteiger partial charge in [-0.1, -0.05) is 116 Å². The van der Waals surface area contributed by atoms with Crippen LogP contribution >= 0.6 is 0 Å². The predicted octanol–water partition coefficient (Wildman–Crippen LogP) is 9.28. The maximum absolute atomic E-state index is 12.4. The number of rotatable bonds is 17. The van der Waals surface area contributed by atoms with Crippen LogP contribution in [0.4, 0.5) is 0 Å². The Hall–Kier alpha value is -4.86. The van der Waals surface area contributed by atoms with Crippen molar-refractivity contribution in [1.29, 1.82) is 0 Å². The summed E-state index contributed by atoms with van der Waals surface area (Å²) in [4.78, 5) is 25.4. The molecule has 1 amide bonds. The zero-order valence-corrected chi connectivity index (χ0v) is 31.3. The Labute approximate surface area is 318 Å². The summed E-state index contributed by atoms with van der Waals surface area (Å²) in [5.74, 6) is -0.768. The fraction of sp³-hybridized carbons (Fsp3) is 0.348. The van der Waals surface area contributed by atoms with Crippen molar-refractivity contribution in [3.8, 4) is 11.1 Å². The SMILES string of the molecule is CC(c1ccc2ccccc2c1)N(C)CC1CC(c2ccc(CO)cc2)OC(c2ccc(-c3cccc(CNC(=O)CCCCCCC(=O)O)c3)cc2)O1. The summed E-state index contributed by atoms with van der Waals surface area (Å²) in [7, 11) is 2.15. The number of amides is 1. The van der Waals surface area contributed by atoms with E-state index in [-0.39, 0.29) is 37.2 Å². The molecule has 0 radical (unpaired) electrons. The number of carboxylic acid groups (broad SMARTS) is 1. The average Bonchev–Trinajstić information content (AvgIpc) is 3.20. The monoisotopic (exact) mass is 728 g/mol. The molecule has 0 aromatic heterocycles. The fourth-order valence-electron chi connectivity index (χ4n) is 7.13. The first-order valence-corrected chi connectivity index (χ1v) is 19.1. The number of unbranched alkanes of at least 4 members (excludes halogenated alkanes) is 3. The number of benzene rings is 5. The molecule has 0 spiro atoms. The molecule has 3 N–H and O–H groups in total. The van der Waals surface area contributed by atoms with Crippen LogP contribution in [-0.2, 0) is 32.2 Å². The second-order valence-corrected chi connectivity index (χ2v) is 14.5. The fourth-order valence-corrected chi connectivity index (χ4v) is 7.13. The lowest BCUT2D eigenvalue weighted by atomic mass is 9.98. The van der Waals surface area contributed by atoms with Crippen LogP contribution in [0, 0.1) is 0 Å². The highest BCUT2D eigenvalue weighted by Gasteiger charge is 2.33. The van der Waals surface area contributed by atoms with Crippen molar-refractivity contribution >= 4 is 22.6 Å². The molecule has 5 aromatic rings. The number of aliphatic hydroxyl groups is 1. The molecule has 0 saturated carbocycles. The highest BCUT2D eigenvalue weighted by atomic mass is 16.7. The van der Waals surface area contributed by atoms with Gasteiger partial charge in [0.2, 0.25) is 5.91 Å². The largest absolute Gasteiger partial charge is 0.481 e. The highest BCUT2D eigenvalue weighted by molar-refractivity contribution is 5.83. The van der Waals surface area contributed by atoms with E-state index in [4.69, 9.17) is 14.6 Å². The summed E-state index contributed by atoms with van der Waals surface area (Å²) >= 11 is 0. The summed E-state index contributed by atoms with van der Waals surface area (Å²) in [6.07, 6.45) is 3.60. The molecular formula is C46H52N2O6. The molecule has 1 aliphatic heterocycles. The van der Waals surface area contributed by atoms with Crippen LogP contribution in [0.2, 0.25) is 0 Å². The van der Waals surface area contributed by atoms with Crippen molar-refractivity contribution in [2.45, 2.75) is 89.6 Å². The van der Waals surface area contributed by atoms with Crippen molar-refractivity contribution in [2.75, 3.05) is 13.6 Å². The summed E-state index contributed by atoms with van der Waals surface area (Å²) in [5.41, 5.74) is 7.27. The molecule has 1 heterocycles. The molecule has 4 unspecified atom stereocenters. The Morgan fingerprint density at radius 3 is 2.22 bits per heavy atom. The zero-order valence-electron chi connectivity index (χ0n) is 31.3. The lowest BCUT2D eigenvalue weighted by molar-refractivity contribution is -0.253. The molecule has 4 atom stereocenters. The Morgan fingerprint density at radius 2 is 1.48 bits per heavy atom. The number of fused-ring (bicyclic) bond motifs is 1. The molecule has 1 fully saturated rings. The summed E-state index contributed by atoms with van der Waals surface area (Å²) in [6.45, 7) is 3.42. The van der Waals surface area contributed by atoms with E-state index in [0.29, 0.717) is 25.8 Å². The molecule has 54 heavy (non-hydrogen) atoms.